The number of carbonyl (C=O) groups excluding carboxylic acids is 2. The number of carbonyl (C=O) groups is 2. The number of hydrogen-bond acceptors (Lipinski definition) is 4. The van der Waals surface area contributed by atoms with E-state index in [0.29, 0.717) is 10.3 Å². The Bertz CT molecular complexity index is 763. The van der Waals surface area contributed by atoms with Gasteiger partial charge in [0.25, 0.3) is 5.91 Å². The van der Waals surface area contributed by atoms with Crippen molar-refractivity contribution in [2.24, 2.45) is 29.1 Å². The molecule has 0 spiro atoms. The van der Waals surface area contributed by atoms with Crippen LogP contribution in [0.25, 0.3) is 0 Å². The van der Waals surface area contributed by atoms with E-state index >= 15 is 0 Å². The highest BCUT2D eigenvalue weighted by Crippen LogP contribution is 2.59. The van der Waals surface area contributed by atoms with Gasteiger partial charge in [0.05, 0.1) is 0 Å². The Kier molecular flexibility index (Phi) is 5.21. The van der Waals surface area contributed by atoms with E-state index in [1.807, 2.05) is 6.07 Å². The van der Waals surface area contributed by atoms with Crippen LogP contribution in [0.3, 0.4) is 0 Å². The van der Waals surface area contributed by atoms with Gasteiger partial charge in [-0.25, -0.2) is 4.79 Å². The van der Waals surface area contributed by atoms with Crippen molar-refractivity contribution < 1.29 is 14.3 Å². The van der Waals surface area contributed by atoms with Crippen molar-refractivity contribution in [1.82, 2.24) is 5.32 Å². The molecule has 6 rings (SSSR count). The smallest absolute Gasteiger partial charge is 0.348 e. The Labute approximate surface area is 177 Å². The summed E-state index contributed by atoms with van der Waals surface area (Å²) >= 11 is 1.55. The number of nitrogens with one attached hydrogen (secondary N) is 1. The minimum absolute atomic E-state index is 0.151. The molecule has 0 aliphatic heterocycles. The zero-order valence-electron chi connectivity index (χ0n) is 17.5. The van der Waals surface area contributed by atoms with Crippen LogP contribution in [0.2, 0.25) is 0 Å². The fourth-order valence-corrected chi connectivity index (χ4v) is 8.20. The standard InChI is InChI=1S/C24H33NO3S/c1-2-15-3-4-20-19(8-15)9-21(29-20)23(27)28-13-22(26)25-14-24-10-16-5-17(11-24)7-18(6-16)12-24/h9,15-18H,2-8,10-14H2,1H3,(H,25,26)/t15-,16?,17?,18?,24?/m1/s1. The van der Waals surface area contributed by atoms with Gasteiger partial charge in [0.1, 0.15) is 4.88 Å². The van der Waals surface area contributed by atoms with Gasteiger partial charge < -0.3 is 10.1 Å². The van der Waals surface area contributed by atoms with Gasteiger partial charge in [0.2, 0.25) is 0 Å². The molecular formula is C24H33NO3S. The molecule has 1 aromatic rings. The maximum atomic E-state index is 12.5. The SMILES string of the molecule is CC[C@@H]1CCc2sc(C(=O)OCC(=O)NCC34CC5CC(CC(C5)C3)C4)cc2C1. The molecule has 0 aromatic carbocycles. The molecule has 5 heteroatoms. The lowest BCUT2D eigenvalue weighted by Gasteiger charge is -2.56. The zero-order valence-corrected chi connectivity index (χ0v) is 18.3. The van der Waals surface area contributed by atoms with Crippen molar-refractivity contribution in [2.75, 3.05) is 13.2 Å². The van der Waals surface area contributed by atoms with Crippen molar-refractivity contribution >= 4 is 23.2 Å². The van der Waals surface area contributed by atoms with Crippen molar-refractivity contribution in [1.29, 1.82) is 0 Å². The first-order chi connectivity index (χ1) is 14.0. The van der Waals surface area contributed by atoms with Crippen molar-refractivity contribution in [3.63, 3.8) is 0 Å². The molecule has 4 saturated carbocycles. The van der Waals surface area contributed by atoms with Crippen molar-refractivity contribution in [3.8, 4) is 0 Å². The second-order valence-electron chi connectivity index (χ2n) is 10.3. The molecule has 0 saturated heterocycles. The topological polar surface area (TPSA) is 55.4 Å². The quantitative estimate of drug-likeness (QED) is 0.682. The molecule has 5 aliphatic rings. The summed E-state index contributed by atoms with van der Waals surface area (Å²) in [5.41, 5.74) is 1.63. The number of hydrogen-bond donors (Lipinski definition) is 1. The highest BCUT2D eigenvalue weighted by molar-refractivity contribution is 7.14. The van der Waals surface area contributed by atoms with Crippen LogP contribution < -0.4 is 5.32 Å². The predicted octanol–water partition coefficient (Wildman–Crippen LogP) is 4.75. The summed E-state index contributed by atoms with van der Waals surface area (Å²) in [7, 11) is 0. The van der Waals surface area contributed by atoms with Gasteiger partial charge in [0.15, 0.2) is 6.61 Å². The van der Waals surface area contributed by atoms with E-state index in [9.17, 15) is 9.59 Å². The molecule has 0 radical (unpaired) electrons. The minimum Gasteiger partial charge on any atom is -0.451 e. The van der Waals surface area contributed by atoms with Gasteiger partial charge in [-0.1, -0.05) is 13.3 Å². The van der Waals surface area contributed by atoms with Gasteiger partial charge in [-0.05, 0) is 98.5 Å². The number of fused-ring (bicyclic) bond motifs is 1. The normalized spacial score (nSPS) is 34.7. The molecule has 29 heavy (non-hydrogen) atoms. The second-order valence-corrected chi connectivity index (χ2v) is 11.5. The maximum absolute atomic E-state index is 12.5. The molecule has 1 amide bonds. The highest BCUT2D eigenvalue weighted by atomic mass is 32.1. The number of esters is 1. The van der Waals surface area contributed by atoms with Crippen LogP contribution in [-0.4, -0.2) is 25.0 Å². The lowest BCUT2D eigenvalue weighted by molar-refractivity contribution is -0.126. The van der Waals surface area contributed by atoms with E-state index in [-0.39, 0.29) is 18.5 Å². The molecule has 5 aliphatic carbocycles. The van der Waals surface area contributed by atoms with E-state index in [2.05, 4.69) is 12.2 Å². The third kappa shape index (κ3) is 3.99. The second kappa shape index (κ2) is 7.72. The molecule has 4 bridgehead atoms. The third-order valence-corrected chi connectivity index (χ3v) is 9.34. The molecular weight excluding hydrogens is 382 g/mol. The maximum Gasteiger partial charge on any atom is 0.348 e. The Balaban J connectivity index is 1.11. The van der Waals surface area contributed by atoms with Crippen molar-refractivity contribution in [3.05, 3.63) is 21.4 Å². The van der Waals surface area contributed by atoms with E-state index in [1.54, 1.807) is 11.3 Å². The van der Waals surface area contributed by atoms with Gasteiger partial charge in [-0.2, -0.15) is 0 Å². The van der Waals surface area contributed by atoms with E-state index in [1.165, 1.54) is 61.8 Å². The van der Waals surface area contributed by atoms with Crippen LogP contribution in [-0.2, 0) is 22.4 Å². The summed E-state index contributed by atoms with van der Waals surface area (Å²) in [6.45, 7) is 2.84. The summed E-state index contributed by atoms with van der Waals surface area (Å²) in [6, 6.07) is 2.00. The summed E-state index contributed by atoms with van der Waals surface area (Å²) in [4.78, 5) is 26.8. The summed E-state index contributed by atoms with van der Waals surface area (Å²) in [5.74, 6) is 2.88. The average Bonchev–Trinajstić information content (AvgIpc) is 3.13. The zero-order chi connectivity index (χ0) is 20.0. The molecule has 158 valence electrons. The monoisotopic (exact) mass is 415 g/mol. The van der Waals surface area contributed by atoms with Crippen LogP contribution in [0.15, 0.2) is 6.07 Å². The predicted molar refractivity (Wildman–Crippen MR) is 114 cm³/mol. The van der Waals surface area contributed by atoms with Gasteiger partial charge in [-0.3, -0.25) is 4.79 Å². The lowest BCUT2D eigenvalue weighted by atomic mass is 9.49. The Morgan fingerprint density at radius 2 is 1.86 bits per heavy atom. The lowest BCUT2D eigenvalue weighted by Crippen LogP contribution is -2.51. The first kappa shape index (κ1) is 19.6. The van der Waals surface area contributed by atoms with Crippen LogP contribution in [0.1, 0.15) is 78.4 Å². The third-order valence-electron chi connectivity index (χ3n) is 8.12. The van der Waals surface area contributed by atoms with Crippen LogP contribution >= 0.6 is 11.3 Å². The van der Waals surface area contributed by atoms with E-state index in [0.717, 1.165) is 43.1 Å². The molecule has 1 aromatic heterocycles. The molecule has 1 heterocycles. The Hall–Kier alpha value is -1.36. The molecule has 1 N–H and O–H groups in total. The van der Waals surface area contributed by atoms with E-state index in [4.69, 9.17) is 4.74 Å². The summed E-state index contributed by atoms with van der Waals surface area (Å²) in [6.07, 6.45) is 12.6. The minimum atomic E-state index is -0.345. The number of amides is 1. The summed E-state index contributed by atoms with van der Waals surface area (Å²) < 4.78 is 5.35. The number of rotatable bonds is 6. The van der Waals surface area contributed by atoms with Crippen molar-refractivity contribution in [2.45, 2.75) is 71.1 Å². The first-order valence-corrected chi connectivity index (χ1v) is 12.4. The first-order valence-electron chi connectivity index (χ1n) is 11.6. The Morgan fingerprint density at radius 1 is 1.17 bits per heavy atom. The molecule has 4 fully saturated rings. The number of ether oxygens (including phenoxy) is 1. The number of thiophene rings is 1. The molecule has 0 unspecified atom stereocenters. The number of aryl methyl sites for hydroxylation is 1. The van der Waals surface area contributed by atoms with Gasteiger partial charge in [0, 0.05) is 11.4 Å². The Morgan fingerprint density at radius 3 is 2.52 bits per heavy atom. The van der Waals surface area contributed by atoms with Crippen LogP contribution in [0, 0.1) is 29.1 Å². The average molecular weight is 416 g/mol. The largest absolute Gasteiger partial charge is 0.451 e. The van der Waals surface area contributed by atoms with Gasteiger partial charge in [-0.15, -0.1) is 11.3 Å². The highest BCUT2D eigenvalue weighted by Gasteiger charge is 2.50. The fraction of sp³-hybridized carbons (Fsp3) is 0.750. The summed E-state index contributed by atoms with van der Waals surface area (Å²) in [5, 5.41) is 3.10. The molecule has 4 nitrogen and oxygen atoms in total. The van der Waals surface area contributed by atoms with Crippen LogP contribution in [0.5, 0.6) is 0 Å². The fourth-order valence-electron chi connectivity index (χ4n) is 7.09. The van der Waals surface area contributed by atoms with Crippen LogP contribution in [0.4, 0.5) is 0 Å². The van der Waals surface area contributed by atoms with Gasteiger partial charge >= 0.3 is 5.97 Å². The molecule has 1 atom stereocenters. The van der Waals surface area contributed by atoms with E-state index < -0.39 is 0 Å².